The van der Waals surface area contributed by atoms with E-state index >= 15 is 0 Å². The van der Waals surface area contributed by atoms with Gasteiger partial charge in [-0.15, -0.1) is 0 Å². The van der Waals surface area contributed by atoms with Crippen LogP contribution in [0.3, 0.4) is 0 Å². The first-order valence-electron chi connectivity index (χ1n) is 11.0. The van der Waals surface area contributed by atoms with E-state index < -0.39 is 7.12 Å². The van der Waals surface area contributed by atoms with Gasteiger partial charge in [0, 0.05) is 29.8 Å². The largest absolute Gasteiger partial charge is 0.496 e. The normalized spacial score (nSPS) is 16.3. The number of carbonyl (C=O) groups excluding carboxylic acids is 1. The highest BCUT2D eigenvalue weighted by Gasteiger charge is 2.35. The molecule has 1 unspecified atom stereocenters. The second-order valence-corrected chi connectivity index (χ2v) is 8.66. The number of anilines is 2. The average Bonchev–Trinajstić information content (AvgIpc) is 2.79. The molecular weight excluding hydrogens is 409 g/mol. The monoisotopic (exact) mass is 441 g/mol. The molecule has 1 N–H and O–H groups in total. The van der Waals surface area contributed by atoms with Crippen LogP contribution >= 0.6 is 0 Å². The van der Waals surface area contributed by atoms with E-state index in [1.54, 1.807) is 12.4 Å². The van der Waals surface area contributed by atoms with Gasteiger partial charge in [0.05, 0.1) is 38.2 Å². The minimum atomic E-state index is -0.483. The molecule has 0 bridgehead atoms. The predicted molar refractivity (Wildman–Crippen MR) is 124 cm³/mol. The summed E-state index contributed by atoms with van der Waals surface area (Å²) in [5.74, 6) is -0.183. The molecule has 0 spiro atoms. The summed E-state index contributed by atoms with van der Waals surface area (Å²) in [6.45, 7) is 9.88. The lowest BCUT2D eigenvalue weighted by molar-refractivity contribution is -0.141. The number of rotatable bonds is 9. The van der Waals surface area contributed by atoms with E-state index in [-0.39, 0.29) is 17.3 Å². The van der Waals surface area contributed by atoms with Crippen LogP contribution in [-0.4, -0.2) is 50.0 Å². The zero-order valence-electron chi connectivity index (χ0n) is 19.5. The molecule has 1 aliphatic rings. The first-order valence-corrected chi connectivity index (χ1v) is 11.0. The van der Waals surface area contributed by atoms with Crippen molar-refractivity contribution in [2.75, 3.05) is 32.2 Å². The van der Waals surface area contributed by atoms with E-state index in [0.29, 0.717) is 37.9 Å². The van der Waals surface area contributed by atoms with Gasteiger partial charge in [0.15, 0.2) is 0 Å². The number of nitrogens with one attached hydrogen (secondary N) is 1. The van der Waals surface area contributed by atoms with Gasteiger partial charge in [-0.2, -0.15) is 0 Å². The highest BCUT2D eigenvalue weighted by Crippen LogP contribution is 2.28. The molecule has 2 aromatic rings. The number of benzene rings is 1. The van der Waals surface area contributed by atoms with Crippen LogP contribution in [0.25, 0.3) is 0 Å². The average molecular weight is 441 g/mol. The smallest absolute Gasteiger partial charge is 0.469 e. The van der Waals surface area contributed by atoms with Crippen LogP contribution in [0.2, 0.25) is 0 Å². The molecule has 1 saturated heterocycles. The van der Waals surface area contributed by atoms with Gasteiger partial charge in [-0.05, 0) is 30.9 Å². The highest BCUT2D eigenvalue weighted by molar-refractivity contribution is 6.63. The minimum absolute atomic E-state index is 0.0270. The molecule has 3 rings (SSSR count). The van der Waals surface area contributed by atoms with Gasteiger partial charge >= 0.3 is 19.1 Å². The van der Waals surface area contributed by atoms with E-state index in [1.165, 1.54) is 7.11 Å². The van der Waals surface area contributed by atoms with Crippen molar-refractivity contribution >= 4 is 29.9 Å². The van der Waals surface area contributed by atoms with Crippen molar-refractivity contribution in [3.63, 3.8) is 0 Å². The fourth-order valence-corrected chi connectivity index (χ4v) is 3.54. The molecular formula is C23H32BN3O5. The zero-order valence-corrected chi connectivity index (χ0v) is 19.5. The first-order chi connectivity index (χ1) is 15.3. The Balaban J connectivity index is 1.90. The summed E-state index contributed by atoms with van der Waals surface area (Å²) >= 11 is 0. The van der Waals surface area contributed by atoms with Crippen molar-refractivity contribution in [2.24, 2.45) is 5.41 Å². The number of esters is 1. The molecule has 32 heavy (non-hydrogen) atoms. The lowest BCUT2D eigenvalue weighted by atomic mass is 9.74. The summed E-state index contributed by atoms with van der Waals surface area (Å²) in [7, 11) is 0.930. The third-order valence-electron chi connectivity index (χ3n) is 5.37. The fourth-order valence-electron chi connectivity index (χ4n) is 3.54. The Morgan fingerprint density at radius 2 is 1.91 bits per heavy atom. The van der Waals surface area contributed by atoms with E-state index in [4.69, 9.17) is 18.8 Å². The van der Waals surface area contributed by atoms with Gasteiger partial charge in [0.1, 0.15) is 0 Å². The quantitative estimate of drug-likeness (QED) is 0.468. The van der Waals surface area contributed by atoms with Gasteiger partial charge in [0.25, 0.3) is 0 Å². The number of nitrogens with zero attached hydrogens (tertiary/aromatic N) is 2. The number of carbonyl (C=O) groups is 1. The van der Waals surface area contributed by atoms with Crippen molar-refractivity contribution < 1.29 is 23.6 Å². The third kappa shape index (κ3) is 6.20. The third-order valence-corrected chi connectivity index (χ3v) is 5.37. The number of hydrogen-bond donors (Lipinski definition) is 1. The topological polar surface area (TPSA) is 91.8 Å². The molecule has 2 heterocycles. The summed E-state index contributed by atoms with van der Waals surface area (Å²) in [5, 5.41) is 3.39. The Hall–Kier alpha value is -2.65. The molecule has 1 aromatic carbocycles. The molecule has 0 amide bonds. The van der Waals surface area contributed by atoms with Crippen LogP contribution < -0.4 is 15.5 Å². The summed E-state index contributed by atoms with van der Waals surface area (Å²) in [5.41, 5.74) is 3.42. The molecule has 172 valence electrons. The SMILES string of the molecule is CCOc1ncc(Nc2cc(C(CC)CC(=O)OC)ccc2B2OCC(C)(C)CO2)cn1. The predicted octanol–water partition coefficient (Wildman–Crippen LogP) is 3.44. The summed E-state index contributed by atoms with van der Waals surface area (Å²) in [6, 6.07) is 6.39. The van der Waals surface area contributed by atoms with Crippen molar-refractivity contribution in [1.82, 2.24) is 9.97 Å². The Kier molecular flexibility index (Phi) is 8.09. The second kappa shape index (κ2) is 10.8. The van der Waals surface area contributed by atoms with Crippen LogP contribution in [0.15, 0.2) is 30.6 Å². The summed E-state index contributed by atoms with van der Waals surface area (Å²) in [6.07, 6.45) is 4.48. The molecule has 1 fully saturated rings. The Morgan fingerprint density at radius 1 is 1.22 bits per heavy atom. The summed E-state index contributed by atoms with van der Waals surface area (Å²) < 4.78 is 22.3. The molecule has 1 aliphatic heterocycles. The molecule has 8 nitrogen and oxygen atoms in total. The Labute approximate surface area is 190 Å². The lowest BCUT2D eigenvalue weighted by Gasteiger charge is -2.33. The van der Waals surface area contributed by atoms with Crippen molar-refractivity contribution in [3.8, 4) is 6.01 Å². The Morgan fingerprint density at radius 3 is 2.50 bits per heavy atom. The number of hydrogen-bond acceptors (Lipinski definition) is 8. The van der Waals surface area contributed by atoms with Crippen LogP contribution in [-0.2, 0) is 18.8 Å². The van der Waals surface area contributed by atoms with Gasteiger partial charge in [-0.25, -0.2) is 9.97 Å². The lowest BCUT2D eigenvalue weighted by Crippen LogP contribution is -2.48. The van der Waals surface area contributed by atoms with Crippen molar-refractivity contribution in [1.29, 1.82) is 0 Å². The van der Waals surface area contributed by atoms with Gasteiger partial charge in [-0.1, -0.05) is 32.9 Å². The number of ether oxygens (including phenoxy) is 2. The molecule has 9 heteroatoms. The van der Waals surface area contributed by atoms with Crippen LogP contribution in [0.1, 0.15) is 52.0 Å². The second-order valence-electron chi connectivity index (χ2n) is 8.66. The molecule has 0 radical (unpaired) electrons. The van der Waals surface area contributed by atoms with E-state index in [2.05, 4.69) is 36.1 Å². The van der Waals surface area contributed by atoms with Gasteiger partial charge < -0.3 is 24.1 Å². The first kappa shape index (κ1) is 24.0. The highest BCUT2D eigenvalue weighted by atomic mass is 16.6. The maximum absolute atomic E-state index is 11.9. The van der Waals surface area contributed by atoms with E-state index in [0.717, 1.165) is 23.1 Å². The van der Waals surface area contributed by atoms with Crippen LogP contribution in [0.4, 0.5) is 11.4 Å². The Bertz CT molecular complexity index is 897. The van der Waals surface area contributed by atoms with Crippen molar-refractivity contribution in [3.05, 3.63) is 36.2 Å². The van der Waals surface area contributed by atoms with Crippen molar-refractivity contribution in [2.45, 2.75) is 46.5 Å². The van der Waals surface area contributed by atoms with Crippen LogP contribution in [0.5, 0.6) is 6.01 Å². The number of methoxy groups -OCH3 is 1. The summed E-state index contributed by atoms with van der Waals surface area (Å²) in [4.78, 5) is 20.3. The van der Waals surface area contributed by atoms with E-state index in [1.807, 2.05) is 25.1 Å². The molecule has 1 aromatic heterocycles. The molecule has 1 atom stereocenters. The van der Waals surface area contributed by atoms with Gasteiger partial charge in [0.2, 0.25) is 0 Å². The number of aromatic nitrogens is 2. The maximum atomic E-state index is 11.9. The maximum Gasteiger partial charge on any atom is 0.496 e. The minimum Gasteiger partial charge on any atom is -0.469 e. The molecule has 0 saturated carbocycles. The van der Waals surface area contributed by atoms with Crippen LogP contribution in [0, 0.1) is 5.41 Å². The van der Waals surface area contributed by atoms with E-state index in [9.17, 15) is 4.79 Å². The standard InChI is InChI=1S/C23H32BN3O5/c1-6-16(11-21(28)29-5)17-8-9-19(24-31-14-23(3,4)15-32-24)20(10-17)27-18-12-25-22(26-13-18)30-7-2/h8-10,12-13,16,27H,6-7,11,14-15H2,1-5H3. The zero-order chi connectivity index (χ0) is 23.1. The van der Waals surface area contributed by atoms with Gasteiger partial charge in [-0.3, -0.25) is 4.79 Å². The molecule has 0 aliphatic carbocycles. The fraction of sp³-hybridized carbons (Fsp3) is 0.522.